The third-order valence-electron chi connectivity index (χ3n) is 2.80. The molecular weight excluding hydrogens is 233 g/mol. The third-order valence-corrected chi connectivity index (χ3v) is 2.80. The number of ether oxygens (including phenoxy) is 1. The van der Waals surface area contributed by atoms with Crippen LogP contribution in [0.15, 0.2) is 18.2 Å². The number of benzene rings is 1. The van der Waals surface area contributed by atoms with Crippen LogP contribution in [-0.4, -0.2) is 32.4 Å². The number of hydrogen-bond donors (Lipinski definition) is 1. The average molecular weight is 247 g/mol. The van der Waals surface area contributed by atoms with Crippen LogP contribution in [0.5, 0.6) is 5.75 Å². The Labute approximate surface area is 106 Å². The Morgan fingerprint density at radius 3 is 2.94 bits per heavy atom. The molecule has 1 unspecified atom stereocenters. The summed E-state index contributed by atoms with van der Waals surface area (Å²) in [5.74, 6) is 0.00912. The molecule has 1 heterocycles. The van der Waals surface area contributed by atoms with Gasteiger partial charge in [0, 0.05) is 12.9 Å². The topological polar surface area (TPSA) is 64.6 Å². The van der Waals surface area contributed by atoms with Gasteiger partial charge in [0.1, 0.15) is 11.3 Å². The first kappa shape index (κ1) is 12.5. The first-order valence-corrected chi connectivity index (χ1v) is 5.72. The number of carbonyl (C=O) groups is 2. The van der Waals surface area contributed by atoms with Gasteiger partial charge in [0.05, 0.1) is 7.11 Å². The highest BCUT2D eigenvalue weighted by Crippen LogP contribution is 2.28. The number of rotatable bonds is 2. The van der Waals surface area contributed by atoms with Gasteiger partial charge >= 0.3 is 13.5 Å². The lowest BCUT2D eigenvalue weighted by atomic mass is 9.79. The zero-order valence-electron chi connectivity index (χ0n) is 10.4. The van der Waals surface area contributed by atoms with Crippen molar-refractivity contribution >= 4 is 19.4 Å². The summed E-state index contributed by atoms with van der Waals surface area (Å²) in [6.45, 7) is 1.47. The molecule has 0 aliphatic carbocycles. The summed E-state index contributed by atoms with van der Waals surface area (Å²) in [5.41, 5.74) is 1.33. The van der Waals surface area contributed by atoms with E-state index in [1.54, 1.807) is 12.1 Å². The molecule has 94 valence electrons. The van der Waals surface area contributed by atoms with E-state index in [0.717, 1.165) is 5.56 Å². The third kappa shape index (κ3) is 2.47. The lowest BCUT2D eigenvalue weighted by molar-refractivity contribution is -0.119. The van der Waals surface area contributed by atoms with Crippen molar-refractivity contribution in [2.75, 3.05) is 7.11 Å². The molecule has 1 aromatic rings. The van der Waals surface area contributed by atoms with Gasteiger partial charge in [-0.15, -0.1) is 0 Å². The minimum atomic E-state index is -0.412. The van der Waals surface area contributed by atoms with Crippen LogP contribution in [0.3, 0.4) is 0 Å². The lowest BCUT2D eigenvalue weighted by Crippen LogP contribution is -2.44. The first-order chi connectivity index (χ1) is 8.61. The predicted molar refractivity (Wildman–Crippen MR) is 66.9 cm³/mol. The molecule has 1 atom stereocenters. The molecule has 0 fully saturated rings. The zero-order chi connectivity index (χ0) is 13.1. The van der Waals surface area contributed by atoms with E-state index in [1.807, 2.05) is 6.07 Å². The van der Waals surface area contributed by atoms with Crippen LogP contribution in [0, 0.1) is 0 Å². The van der Waals surface area contributed by atoms with Gasteiger partial charge < -0.3 is 14.7 Å². The van der Waals surface area contributed by atoms with Crippen LogP contribution >= 0.6 is 0 Å². The standard InChI is InChI=1S/C12H14BNO4/c1-7(15)14-10-6-8-4-3-5-9(12(16)17-2)11(8)18-13-10/h3-5,10,13H,6H2,1-2H3,(H,14,15). The molecule has 0 saturated carbocycles. The number of esters is 1. The zero-order valence-corrected chi connectivity index (χ0v) is 10.4. The summed E-state index contributed by atoms with van der Waals surface area (Å²) >= 11 is 0. The molecule has 0 aromatic heterocycles. The molecule has 0 bridgehead atoms. The summed E-state index contributed by atoms with van der Waals surface area (Å²) in [7, 11) is 1.70. The maximum Gasteiger partial charge on any atom is 0.363 e. The number of carbonyl (C=O) groups excluding carboxylic acids is 2. The van der Waals surface area contributed by atoms with E-state index in [9.17, 15) is 9.59 Å². The number of amides is 1. The van der Waals surface area contributed by atoms with Crippen LogP contribution in [0.4, 0.5) is 0 Å². The number of hydrogen-bond acceptors (Lipinski definition) is 4. The highest BCUT2D eigenvalue weighted by atomic mass is 16.5. The fourth-order valence-corrected chi connectivity index (χ4v) is 2.08. The van der Waals surface area contributed by atoms with Crippen molar-refractivity contribution in [2.45, 2.75) is 19.3 Å². The van der Waals surface area contributed by atoms with Gasteiger partial charge in [-0.1, -0.05) is 12.1 Å². The van der Waals surface area contributed by atoms with Gasteiger partial charge in [-0.3, -0.25) is 4.79 Å². The molecule has 1 aromatic carbocycles. The van der Waals surface area contributed by atoms with Crippen molar-refractivity contribution in [3.05, 3.63) is 29.3 Å². The van der Waals surface area contributed by atoms with Gasteiger partial charge in [0.25, 0.3) is 0 Å². The normalized spacial score (nSPS) is 16.9. The second-order valence-electron chi connectivity index (χ2n) is 4.20. The molecule has 6 heteroatoms. The van der Waals surface area contributed by atoms with Crippen LogP contribution < -0.4 is 9.97 Å². The van der Waals surface area contributed by atoms with Crippen molar-refractivity contribution in [1.29, 1.82) is 0 Å². The maximum atomic E-state index is 11.6. The Hall–Kier alpha value is -1.98. The number of nitrogens with one attached hydrogen (secondary N) is 1. The quantitative estimate of drug-likeness (QED) is 0.599. The molecule has 1 amide bonds. The van der Waals surface area contributed by atoms with Crippen LogP contribution in [0.2, 0.25) is 0 Å². The van der Waals surface area contributed by atoms with Crippen molar-refractivity contribution in [3.8, 4) is 5.75 Å². The molecule has 0 saturated heterocycles. The first-order valence-electron chi connectivity index (χ1n) is 5.72. The Kier molecular flexibility index (Phi) is 3.55. The Morgan fingerprint density at radius 2 is 2.28 bits per heavy atom. The Balaban J connectivity index is 2.24. The van der Waals surface area contributed by atoms with E-state index in [0.29, 0.717) is 25.2 Å². The van der Waals surface area contributed by atoms with E-state index < -0.39 is 5.97 Å². The highest BCUT2D eigenvalue weighted by molar-refractivity contribution is 6.32. The van der Waals surface area contributed by atoms with E-state index in [1.165, 1.54) is 14.0 Å². The summed E-state index contributed by atoms with van der Waals surface area (Å²) in [5, 5.41) is 2.81. The largest absolute Gasteiger partial charge is 0.561 e. The second kappa shape index (κ2) is 5.12. The van der Waals surface area contributed by atoms with Crippen LogP contribution in [-0.2, 0) is 16.0 Å². The number of para-hydroxylation sites is 1. The maximum absolute atomic E-state index is 11.6. The molecule has 5 nitrogen and oxygen atoms in total. The number of methoxy groups -OCH3 is 1. The van der Waals surface area contributed by atoms with Crippen LogP contribution in [0.25, 0.3) is 0 Å². The summed E-state index contributed by atoms with van der Waals surface area (Å²) < 4.78 is 10.3. The van der Waals surface area contributed by atoms with E-state index >= 15 is 0 Å². The molecule has 0 spiro atoms. The smallest absolute Gasteiger partial charge is 0.363 e. The Morgan fingerprint density at radius 1 is 1.50 bits per heavy atom. The Bertz CT molecular complexity index is 489. The second-order valence-corrected chi connectivity index (χ2v) is 4.20. The van der Waals surface area contributed by atoms with Crippen molar-refractivity contribution < 1.29 is 19.0 Å². The van der Waals surface area contributed by atoms with Gasteiger partial charge in [0.15, 0.2) is 0 Å². The molecule has 1 N–H and O–H groups in total. The summed E-state index contributed by atoms with van der Waals surface area (Å²) in [4.78, 5) is 22.6. The predicted octanol–water partition coefficient (Wildman–Crippen LogP) is 0.222. The van der Waals surface area contributed by atoms with Crippen molar-refractivity contribution in [1.82, 2.24) is 5.32 Å². The minimum absolute atomic E-state index is 0.0529. The molecule has 0 radical (unpaired) electrons. The summed E-state index contributed by atoms with van der Waals surface area (Å²) in [6, 6.07) is 5.34. The van der Waals surface area contributed by atoms with E-state index in [4.69, 9.17) is 9.39 Å². The highest BCUT2D eigenvalue weighted by Gasteiger charge is 2.26. The van der Waals surface area contributed by atoms with E-state index in [-0.39, 0.29) is 11.8 Å². The molecular formula is C12H14BNO4. The minimum Gasteiger partial charge on any atom is -0.561 e. The monoisotopic (exact) mass is 247 g/mol. The summed E-state index contributed by atoms with van der Waals surface area (Å²) in [6.07, 6.45) is 0.653. The van der Waals surface area contributed by atoms with Crippen molar-refractivity contribution in [3.63, 3.8) is 0 Å². The van der Waals surface area contributed by atoms with Crippen LogP contribution in [0.1, 0.15) is 22.8 Å². The lowest BCUT2D eigenvalue weighted by Gasteiger charge is -2.26. The van der Waals surface area contributed by atoms with Gasteiger partial charge in [0.2, 0.25) is 5.91 Å². The molecule has 1 aliphatic heterocycles. The fourth-order valence-electron chi connectivity index (χ4n) is 2.08. The van der Waals surface area contributed by atoms with E-state index in [2.05, 4.69) is 5.32 Å². The SMILES string of the molecule is COC(=O)c1cccc2c1OBC(NC(C)=O)C2. The van der Waals surface area contributed by atoms with Crippen molar-refractivity contribution in [2.24, 2.45) is 0 Å². The number of fused-ring (bicyclic) bond motifs is 1. The molecule has 2 rings (SSSR count). The van der Waals surface area contributed by atoms with Gasteiger partial charge in [-0.05, 0) is 18.1 Å². The average Bonchev–Trinajstić information content (AvgIpc) is 2.36. The van der Waals surface area contributed by atoms with Gasteiger partial charge in [-0.25, -0.2) is 4.79 Å². The molecule has 18 heavy (non-hydrogen) atoms. The van der Waals surface area contributed by atoms with Gasteiger partial charge in [-0.2, -0.15) is 0 Å². The fraction of sp³-hybridized carbons (Fsp3) is 0.333. The molecule has 1 aliphatic rings.